The van der Waals surface area contributed by atoms with Gasteiger partial charge in [-0.3, -0.25) is 4.79 Å². The maximum absolute atomic E-state index is 11.7. The fourth-order valence-electron chi connectivity index (χ4n) is 2.47. The molecule has 1 fully saturated rings. The second kappa shape index (κ2) is 11.2. The van der Waals surface area contributed by atoms with Gasteiger partial charge in [0, 0.05) is 38.4 Å². The average Bonchev–Trinajstić information content (AvgIpc) is 2.99. The lowest BCUT2D eigenvalue weighted by Gasteiger charge is -2.15. The zero-order valence-electron chi connectivity index (χ0n) is 14.2. The van der Waals surface area contributed by atoms with Gasteiger partial charge in [0.15, 0.2) is 5.96 Å². The maximum Gasteiger partial charge on any atom is 0.227 e. The molecule has 7 heteroatoms. The molecule has 6 nitrogen and oxygen atoms in total. The molecule has 1 heterocycles. The number of anilines is 1. The Labute approximate surface area is 160 Å². The van der Waals surface area contributed by atoms with Crippen molar-refractivity contribution in [3.63, 3.8) is 0 Å². The van der Waals surface area contributed by atoms with Crippen molar-refractivity contribution in [3.05, 3.63) is 29.8 Å². The molecule has 1 aromatic rings. The van der Waals surface area contributed by atoms with Crippen LogP contribution in [-0.4, -0.2) is 38.2 Å². The molecule has 2 rings (SSSR count). The molecular weight excluding hydrogens is 419 g/mol. The number of halogens is 1. The van der Waals surface area contributed by atoms with Crippen molar-refractivity contribution >= 4 is 41.5 Å². The molecule has 0 atom stereocenters. The fourth-order valence-corrected chi connectivity index (χ4v) is 2.47. The first-order chi connectivity index (χ1) is 11.2. The van der Waals surface area contributed by atoms with Crippen molar-refractivity contribution in [2.75, 3.05) is 31.2 Å². The van der Waals surface area contributed by atoms with Crippen LogP contribution >= 0.6 is 24.0 Å². The van der Waals surface area contributed by atoms with Crippen LogP contribution in [0.25, 0.3) is 0 Å². The Morgan fingerprint density at radius 1 is 1.38 bits per heavy atom. The van der Waals surface area contributed by atoms with Crippen molar-refractivity contribution < 1.29 is 9.53 Å². The van der Waals surface area contributed by atoms with Gasteiger partial charge in [-0.25, -0.2) is 4.99 Å². The summed E-state index contributed by atoms with van der Waals surface area (Å²) in [6, 6.07) is 7.93. The largest absolute Gasteiger partial charge is 0.382 e. The van der Waals surface area contributed by atoms with E-state index in [2.05, 4.69) is 10.3 Å². The minimum absolute atomic E-state index is 0. The summed E-state index contributed by atoms with van der Waals surface area (Å²) in [5.74, 6) is 0.650. The third-order valence-electron chi connectivity index (χ3n) is 3.73. The van der Waals surface area contributed by atoms with Gasteiger partial charge in [-0.2, -0.15) is 0 Å². The molecule has 1 aliphatic rings. The number of hydrogen-bond acceptors (Lipinski definition) is 3. The average molecular weight is 446 g/mol. The Bertz CT molecular complexity index is 534. The van der Waals surface area contributed by atoms with Crippen molar-refractivity contribution in [3.8, 4) is 0 Å². The number of aliphatic imine (C=N–C) groups is 1. The van der Waals surface area contributed by atoms with Gasteiger partial charge < -0.3 is 20.7 Å². The number of amides is 1. The first-order valence-electron chi connectivity index (χ1n) is 8.21. The summed E-state index contributed by atoms with van der Waals surface area (Å²) >= 11 is 0. The molecule has 24 heavy (non-hydrogen) atoms. The molecule has 0 aromatic heterocycles. The highest BCUT2D eigenvalue weighted by atomic mass is 127. The summed E-state index contributed by atoms with van der Waals surface area (Å²) < 4.78 is 5.26. The van der Waals surface area contributed by atoms with Gasteiger partial charge in [0.25, 0.3) is 0 Å². The van der Waals surface area contributed by atoms with Gasteiger partial charge in [-0.05, 0) is 37.5 Å². The van der Waals surface area contributed by atoms with Crippen molar-refractivity contribution in [2.24, 2.45) is 10.7 Å². The molecule has 0 radical (unpaired) electrons. The van der Waals surface area contributed by atoms with E-state index in [1.807, 2.05) is 36.1 Å². The number of guanidine groups is 1. The lowest BCUT2D eigenvalue weighted by atomic mass is 10.2. The summed E-state index contributed by atoms with van der Waals surface area (Å²) in [5, 5.41) is 3.07. The normalized spacial score (nSPS) is 14.6. The minimum atomic E-state index is 0. The Balaban J connectivity index is 0.00000288. The number of nitrogens with zero attached hydrogens (tertiary/aromatic N) is 2. The van der Waals surface area contributed by atoms with E-state index >= 15 is 0 Å². The summed E-state index contributed by atoms with van der Waals surface area (Å²) in [4.78, 5) is 17.9. The van der Waals surface area contributed by atoms with Crippen LogP contribution in [0.5, 0.6) is 0 Å². The van der Waals surface area contributed by atoms with E-state index in [1.54, 1.807) is 0 Å². The number of benzene rings is 1. The van der Waals surface area contributed by atoms with E-state index in [-0.39, 0.29) is 29.9 Å². The Hall–Kier alpha value is -1.35. The van der Waals surface area contributed by atoms with Gasteiger partial charge in [-0.15, -0.1) is 24.0 Å². The van der Waals surface area contributed by atoms with Crippen molar-refractivity contribution in [2.45, 2.75) is 32.7 Å². The van der Waals surface area contributed by atoms with E-state index in [9.17, 15) is 4.79 Å². The van der Waals surface area contributed by atoms with E-state index in [1.165, 1.54) is 0 Å². The number of rotatable bonds is 8. The number of nitrogens with one attached hydrogen (secondary N) is 1. The number of carbonyl (C=O) groups excluding carboxylic acids is 1. The summed E-state index contributed by atoms with van der Waals surface area (Å²) in [6.07, 6.45) is 2.50. The smallest absolute Gasteiger partial charge is 0.227 e. The quantitative estimate of drug-likeness (QED) is 0.278. The maximum atomic E-state index is 11.7. The predicted octanol–water partition coefficient (Wildman–Crippen LogP) is 2.26. The number of nitrogens with two attached hydrogens (primary N) is 1. The molecule has 134 valence electrons. The van der Waals surface area contributed by atoms with Crippen molar-refractivity contribution in [1.29, 1.82) is 0 Å². The third-order valence-corrected chi connectivity index (χ3v) is 3.73. The van der Waals surface area contributed by atoms with Gasteiger partial charge in [0.05, 0.1) is 6.54 Å². The van der Waals surface area contributed by atoms with Gasteiger partial charge in [0.2, 0.25) is 5.91 Å². The second-order valence-electron chi connectivity index (χ2n) is 5.49. The molecule has 0 bridgehead atoms. The van der Waals surface area contributed by atoms with E-state index in [4.69, 9.17) is 10.5 Å². The fraction of sp³-hybridized carbons (Fsp3) is 0.529. The van der Waals surface area contributed by atoms with Gasteiger partial charge >= 0.3 is 0 Å². The van der Waals surface area contributed by atoms with Crippen LogP contribution in [0, 0.1) is 0 Å². The molecule has 1 aliphatic heterocycles. The van der Waals surface area contributed by atoms with Crippen LogP contribution < -0.4 is 16.0 Å². The number of ether oxygens (including phenoxy) is 1. The first kappa shape index (κ1) is 20.7. The van der Waals surface area contributed by atoms with Crippen LogP contribution in [0.15, 0.2) is 29.3 Å². The van der Waals surface area contributed by atoms with Crippen molar-refractivity contribution in [1.82, 2.24) is 5.32 Å². The summed E-state index contributed by atoms with van der Waals surface area (Å²) in [7, 11) is 0. The Kier molecular flexibility index (Phi) is 9.70. The zero-order chi connectivity index (χ0) is 16.5. The topological polar surface area (TPSA) is 80.0 Å². The van der Waals surface area contributed by atoms with Crippen LogP contribution in [-0.2, 0) is 16.1 Å². The first-order valence-corrected chi connectivity index (χ1v) is 8.21. The highest BCUT2D eigenvalue weighted by Gasteiger charge is 2.21. The molecule has 1 saturated heterocycles. The number of hydrogen-bond donors (Lipinski definition) is 2. The molecule has 1 amide bonds. The Morgan fingerprint density at radius 2 is 2.12 bits per heavy atom. The lowest BCUT2D eigenvalue weighted by Crippen LogP contribution is -2.32. The predicted molar refractivity (Wildman–Crippen MR) is 108 cm³/mol. The second-order valence-corrected chi connectivity index (χ2v) is 5.49. The van der Waals surface area contributed by atoms with E-state index < -0.39 is 0 Å². The van der Waals surface area contributed by atoms with Gasteiger partial charge in [0.1, 0.15) is 0 Å². The highest BCUT2D eigenvalue weighted by Crippen LogP contribution is 2.21. The molecule has 0 saturated carbocycles. The summed E-state index contributed by atoms with van der Waals surface area (Å²) in [6.45, 7) is 5.54. The highest BCUT2D eigenvalue weighted by molar-refractivity contribution is 14.0. The zero-order valence-corrected chi connectivity index (χ0v) is 16.5. The summed E-state index contributed by atoms with van der Waals surface area (Å²) in [5.41, 5.74) is 7.86. The molecular formula is C17H27IN4O2. The van der Waals surface area contributed by atoms with Crippen LogP contribution in [0.1, 0.15) is 31.7 Å². The molecule has 3 N–H and O–H groups in total. The number of carbonyl (C=O) groups is 1. The minimum Gasteiger partial charge on any atom is -0.382 e. The molecule has 0 spiro atoms. The molecule has 0 aliphatic carbocycles. The lowest BCUT2D eigenvalue weighted by molar-refractivity contribution is -0.117. The SMILES string of the molecule is CCOCCCNC(N)=NCc1ccc(N2CCCC2=O)cc1.I. The monoisotopic (exact) mass is 446 g/mol. The van der Waals surface area contributed by atoms with Crippen LogP contribution in [0.4, 0.5) is 5.69 Å². The molecule has 1 aromatic carbocycles. The van der Waals surface area contributed by atoms with E-state index in [0.29, 0.717) is 18.9 Å². The van der Waals surface area contributed by atoms with Gasteiger partial charge in [-0.1, -0.05) is 12.1 Å². The van der Waals surface area contributed by atoms with E-state index in [0.717, 1.165) is 50.4 Å². The Morgan fingerprint density at radius 3 is 2.75 bits per heavy atom. The standard InChI is InChI=1S/C17H26N4O2.HI/c1-2-23-12-4-10-19-17(18)20-13-14-6-8-15(9-7-14)21-11-3-5-16(21)22;/h6-9H,2-5,10-13H2,1H3,(H3,18,19,20);1H. The van der Waals surface area contributed by atoms with Crippen LogP contribution in [0.2, 0.25) is 0 Å². The van der Waals surface area contributed by atoms with Crippen LogP contribution in [0.3, 0.4) is 0 Å². The third kappa shape index (κ3) is 6.64. The molecule has 0 unspecified atom stereocenters.